The van der Waals surface area contributed by atoms with E-state index in [0.717, 1.165) is 5.56 Å². The number of aromatic nitrogens is 5. The van der Waals surface area contributed by atoms with Crippen LogP contribution in [0.15, 0.2) is 36.5 Å². The lowest BCUT2D eigenvalue weighted by molar-refractivity contribution is -0.118. The summed E-state index contributed by atoms with van der Waals surface area (Å²) in [4.78, 5) is 29.2. The van der Waals surface area contributed by atoms with Gasteiger partial charge in [-0.3, -0.25) is 14.7 Å². The molecule has 10 heteroatoms. The van der Waals surface area contributed by atoms with Crippen molar-refractivity contribution in [1.82, 2.24) is 30.3 Å². The van der Waals surface area contributed by atoms with Crippen LogP contribution in [0.3, 0.4) is 0 Å². The van der Waals surface area contributed by atoms with Crippen LogP contribution in [-0.4, -0.2) is 49.4 Å². The van der Waals surface area contributed by atoms with Crippen LogP contribution in [0.4, 0.5) is 5.69 Å². The van der Waals surface area contributed by atoms with Crippen molar-refractivity contribution < 1.29 is 14.3 Å². The first-order valence-corrected chi connectivity index (χ1v) is 9.28. The van der Waals surface area contributed by atoms with E-state index in [1.165, 1.54) is 6.20 Å². The number of anilines is 1. The van der Waals surface area contributed by atoms with Gasteiger partial charge in [0.15, 0.2) is 0 Å². The number of hydrogen-bond acceptors (Lipinski definition) is 6. The van der Waals surface area contributed by atoms with E-state index >= 15 is 0 Å². The van der Waals surface area contributed by atoms with Gasteiger partial charge >= 0.3 is 0 Å². The highest BCUT2D eigenvalue weighted by Crippen LogP contribution is 2.29. The first-order chi connectivity index (χ1) is 14.0. The molecule has 0 saturated carbocycles. The van der Waals surface area contributed by atoms with Crippen LogP contribution in [0, 0.1) is 0 Å². The molecule has 1 aromatic carbocycles. The van der Waals surface area contributed by atoms with E-state index in [4.69, 9.17) is 4.74 Å². The van der Waals surface area contributed by atoms with Gasteiger partial charge in [-0.15, -0.1) is 5.10 Å². The fraction of sp³-hybridized carbons (Fsp3) is 0.316. The average Bonchev–Trinajstić information content (AvgIpc) is 3.29. The Morgan fingerprint density at radius 2 is 2.14 bits per heavy atom. The Kier molecular flexibility index (Phi) is 4.98. The van der Waals surface area contributed by atoms with Gasteiger partial charge in [0.25, 0.3) is 11.8 Å². The Labute approximate surface area is 166 Å². The van der Waals surface area contributed by atoms with E-state index in [0.29, 0.717) is 23.8 Å². The normalized spacial score (nSPS) is 16.0. The van der Waals surface area contributed by atoms with Gasteiger partial charge in [-0.2, -0.15) is 5.10 Å². The van der Waals surface area contributed by atoms with Gasteiger partial charge in [-0.25, -0.2) is 9.67 Å². The summed E-state index contributed by atoms with van der Waals surface area (Å²) in [6, 6.07) is 8.90. The molecule has 10 nitrogen and oxygen atoms in total. The zero-order valence-electron chi connectivity index (χ0n) is 16.0. The second-order valence-corrected chi connectivity index (χ2v) is 7.00. The largest absolute Gasteiger partial charge is 0.474 e. The predicted octanol–water partition coefficient (Wildman–Crippen LogP) is 1.30. The van der Waals surface area contributed by atoms with Crippen LogP contribution in [0.1, 0.15) is 41.9 Å². The summed E-state index contributed by atoms with van der Waals surface area (Å²) < 4.78 is 7.41. The quantitative estimate of drug-likeness (QED) is 0.598. The van der Waals surface area contributed by atoms with Gasteiger partial charge in [0, 0.05) is 6.42 Å². The maximum atomic E-state index is 12.5. The van der Waals surface area contributed by atoms with Crippen molar-refractivity contribution >= 4 is 17.5 Å². The fourth-order valence-corrected chi connectivity index (χ4v) is 3.00. The van der Waals surface area contributed by atoms with E-state index in [2.05, 4.69) is 30.9 Å². The summed E-state index contributed by atoms with van der Waals surface area (Å²) in [6.07, 6.45) is 2.05. The van der Waals surface area contributed by atoms with Crippen LogP contribution < -0.4 is 15.4 Å². The third-order valence-electron chi connectivity index (χ3n) is 4.45. The first-order valence-electron chi connectivity index (χ1n) is 9.28. The van der Waals surface area contributed by atoms with E-state index in [-0.39, 0.29) is 24.4 Å². The highest BCUT2D eigenvalue weighted by molar-refractivity contribution is 6.00. The van der Waals surface area contributed by atoms with Gasteiger partial charge < -0.3 is 15.4 Å². The van der Waals surface area contributed by atoms with E-state index in [9.17, 15) is 9.59 Å². The maximum absolute atomic E-state index is 12.5. The van der Waals surface area contributed by atoms with Crippen LogP contribution >= 0.6 is 0 Å². The molecule has 2 amide bonds. The van der Waals surface area contributed by atoms with Crippen molar-refractivity contribution in [2.45, 2.75) is 32.4 Å². The second-order valence-electron chi connectivity index (χ2n) is 7.00. The Hall–Kier alpha value is -3.69. The third-order valence-corrected chi connectivity index (χ3v) is 4.45. The Bertz CT molecular complexity index is 1030. The molecule has 0 saturated heterocycles. The van der Waals surface area contributed by atoms with Gasteiger partial charge in [0.1, 0.15) is 24.2 Å². The number of nitrogens with one attached hydrogen (secondary N) is 3. The van der Waals surface area contributed by atoms with Crippen molar-refractivity contribution in [3.63, 3.8) is 0 Å². The molecule has 29 heavy (non-hydrogen) atoms. The third kappa shape index (κ3) is 3.96. The van der Waals surface area contributed by atoms with Crippen molar-refractivity contribution in [2.24, 2.45) is 0 Å². The van der Waals surface area contributed by atoms with Crippen molar-refractivity contribution in [3.05, 3.63) is 53.7 Å². The zero-order chi connectivity index (χ0) is 20.4. The number of aromatic amines is 1. The summed E-state index contributed by atoms with van der Waals surface area (Å²) in [7, 11) is 0. The molecule has 1 aliphatic heterocycles. The minimum absolute atomic E-state index is 0.0235. The molecule has 2 aromatic heterocycles. The van der Waals surface area contributed by atoms with Crippen LogP contribution in [0.2, 0.25) is 0 Å². The number of fused-ring (bicyclic) bond motifs is 1. The number of rotatable bonds is 5. The number of H-pyrrole nitrogens is 1. The number of hydrogen-bond donors (Lipinski definition) is 3. The summed E-state index contributed by atoms with van der Waals surface area (Å²) in [5, 5.41) is 16.3. The minimum Gasteiger partial charge on any atom is -0.474 e. The first kappa shape index (κ1) is 18.7. The summed E-state index contributed by atoms with van der Waals surface area (Å²) >= 11 is 0. The zero-order valence-corrected chi connectivity index (χ0v) is 16.0. The minimum atomic E-state index is -0.883. The molecule has 1 atom stereocenters. The number of benzene rings is 1. The van der Waals surface area contributed by atoms with Crippen LogP contribution in [0.25, 0.3) is 0 Å². The molecule has 3 heterocycles. The molecular formula is C19H21N7O3. The number of amides is 2. The van der Waals surface area contributed by atoms with Crippen molar-refractivity contribution in [1.29, 1.82) is 0 Å². The van der Waals surface area contributed by atoms with Gasteiger partial charge in [0.05, 0.1) is 12.2 Å². The molecule has 3 aromatic rings. The number of carbonyl (C=O) groups excluding carboxylic acids is 2. The maximum Gasteiger partial charge on any atom is 0.291 e. The molecule has 150 valence electrons. The second kappa shape index (κ2) is 7.74. The molecule has 0 fully saturated rings. The fourth-order valence-electron chi connectivity index (χ4n) is 3.00. The van der Waals surface area contributed by atoms with Crippen LogP contribution in [-0.2, 0) is 11.2 Å². The lowest BCUT2D eigenvalue weighted by Gasteiger charge is -2.15. The summed E-state index contributed by atoms with van der Waals surface area (Å²) in [5.74, 6) is 0.0561. The SMILES string of the molecule is CC(C)n1ncc2c1OC[C@H](NC(=O)c1n[nH]c(Cc3ccccc3)n1)C(=O)N2. The number of ether oxygens (including phenoxy) is 1. The predicted molar refractivity (Wildman–Crippen MR) is 104 cm³/mol. The molecule has 0 radical (unpaired) electrons. The average molecular weight is 395 g/mol. The van der Waals surface area contributed by atoms with Gasteiger partial charge in [0.2, 0.25) is 11.7 Å². The molecule has 0 aliphatic carbocycles. The summed E-state index contributed by atoms with van der Waals surface area (Å²) in [5.41, 5.74) is 1.52. The monoisotopic (exact) mass is 395 g/mol. The van der Waals surface area contributed by atoms with Gasteiger partial charge in [-0.05, 0) is 19.4 Å². The molecule has 0 spiro atoms. The highest BCUT2D eigenvalue weighted by atomic mass is 16.5. The van der Waals surface area contributed by atoms with Crippen molar-refractivity contribution in [3.8, 4) is 5.88 Å². The topological polar surface area (TPSA) is 127 Å². The smallest absolute Gasteiger partial charge is 0.291 e. The van der Waals surface area contributed by atoms with Gasteiger partial charge in [-0.1, -0.05) is 30.3 Å². The standard InChI is InChI=1S/C19H21N7O3/c1-11(2)26-19-13(9-20-26)21-17(27)14(10-29-19)22-18(28)16-23-15(24-25-16)8-12-6-4-3-5-7-12/h3-7,9,11,14H,8,10H2,1-2H3,(H,21,27)(H,22,28)(H,23,24,25)/t14-/m0/s1. The lowest BCUT2D eigenvalue weighted by Crippen LogP contribution is -2.46. The molecule has 1 aliphatic rings. The van der Waals surface area contributed by atoms with E-state index < -0.39 is 11.9 Å². The Morgan fingerprint density at radius 3 is 2.90 bits per heavy atom. The highest BCUT2D eigenvalue weighted by Gasteiger charge is 2.30. The van der Waals surface area contributed by atoms with Crippen LogP contribution in [0.5, 0.6) is 5.88 Å². The molecular weight excluding hydrogens is 374 g/mol. The molecule has 3 N–H and O–H groups in total. The lowest BCUT2D eigenvalue weighted by atomic mass is 10.1. The number of carbonyl (C=O) groups is 2. The number of nitrogens with zero attached hydrogens (tertiary/aromatic N) is 4. The van der Waals surface area contributed by atoms with E-state index in [1.54, 1.807) is 4.68 Å². The molecule has 0 bridgehead atoms. The Balaban J connectivity index is 1.42. The molecule has 0 unspecified atom stereocenters. The van der Waals surface area contributed by atoms with E-state index in [1.807, 2.05) is 44.2 Å². The Morgan fingerprint density at radius 1 is 1.34 bits per heavy atom. The van der Waals surface area contributed by atoms with Crippen molar-refractivity contribution in [2.75, 3.05) is 11.9 Å². The summed E-state index contributed by atoms with van der Waals surface area (Å²) in [6.45, 7) is 3.89. The molecule has 4 rings (SSSR count).